The maximum atomic E-state index is 12.2. The summed E-state index contributed by atoms with van der Waals surface area (Å²) in [5.41, 5.74) is 2.50. The largest absolute Gasteiger partial charge is 0.321 e. The molecule has 1 aromatic carbocycles. The van der Waals surface area contributed by atoms with E-state index in [1.54, 1.807) is 17.1 Å². The number of amides is 1. The van der Waals surface area contributed by atoms with Gasteiger partial charge in [-0.2, -0.15) is 5.10 Å². The van der Waals surface area contributed by atoms with E-state index < -0.39 is 0 Å². The van der Waals surface area contributed by atoms with Gasteiger partial charge in [0.05, 0.1) is 11.9 Å². The molecule has 5 nitrogen and oxygen atoms in total. The number of pyridine rings is 1. The highest BCUT2D eigenvalue weighted by Crippen LogP contribution is 2.12. The third-order valence-electron chi connectivity index (χ3n) is 3.37. The predicted octanol–water partition coefficient (Wildman–Crippen LogP) is 3.08. The molecule has 0 aliphatic heterocycles. The second-order valence-electron chi connectivity index (χ2n) is 4.86. The summed E-state index contributed by atoms with van der Waals surface area (Å²) in [4.78, 5) is 16.5. The first-order valence-corrected chi connectivity index (χ1v) is 7.12. The molecule has 5 heteroatoms. The van der Waals surface area contributed by atoms with Crippen molar-refractivity contribution in [2.75, 3.05) is 5.32 Å². The smallest absolute Gasteiger partial charge is 0.255 e. The molecule has 0 spiro atoms. The number of hydrogen-bond donors (Lipinski definition) is 1. The van der Waals surface area contributed by atoms with Crippen LogP contribution in [0.25, 0.3) is 5.82 Å². The van der Waals surface area contributed by atoms with Gasteiger partial charge in [-0.1, -0.05) is 19.1 Å². The Morgan fingerprint density at radius 2 is 2.00 bits per heavy atom. The molecule has 110 valence electrons. The van der Waals surface area contributed by atoms with E-state index in [1.165, 1.54) is 5.56 Å². The Balaban J connectivity index is 1.71. The Bertz CT molecular complexity index is 746. The third kappa shape index (κ3) is 3.03. The lowest BCUT2D eigenvalue weighted by Gasteiger charge is -2.06. The summed E-state index contributed by atoms with van der Waals surface area (Å²) in [5.74, 6) is 0.562. The summed E-state index contributed by atoms with van der Waals surface area (Å²) in [5, 5.41) is 6.94. The minimum absolute atomic E-state index is 0.142. The number of carbonyl (C=O) groups is 1. The van der Waals surface area contributed by atoms with E-state index in [0.717, 1.165) is 6.42 Å². The Labute approximate surface area is 128 Å². The number of aryl methyl sites for hydroxylation is 1. The molecular weight excluding hydrogens is 276 g/mol. The van der Waals surface area contributed by atoms with Crippen LogP contribution in [-0.2, 0) is 6.42 Å². The van der Waals surface area contributed by atoms with E-state index in [9.17, 15) is 4.79 Å². The minimum atomic E-state index is -0.142. The number of benzene rings is 1. The summed E-state index contributed by atoms with van der Waals surface area (Å²) in [6.45, 7) is 2.09. The Kier molecular flexibility index (Phi) is 3.96. The van der Waals surface area contributed by atoms with E-state index >= 15 is 0 Å². The van der Waals surface area contributed by atoms with Gasteiger partial charge in [0.15, 0.2) is 5.82 Å². The van der Waals surface area contributed by atoms with Crippen LogP contribution in [0.15, 0.2) is 61.1 Å². The van der Waals surface area contributed by atoms with Crippen LogP contribution in [0.4, 0.5) is 5.69 Å². The highest BCUT2D eigenvalue weighted by atomic mass is 16.1. The third-order valence-corrected chi connectivity index (χ3v) is 3.37. The van der Waals surface area contributed by atoms with Crippen LogP contribution < -0.4 is 5.32 Å². The predicted molar refractivity (Wildman–Crippen MR) is 85.1 cm³/mol. The van der Waals surface area contributed by atoms with E-state index in [4.69, 9.17) is 0 Å². The number of nitrogens with one attached hydrogen (secondary N) is 1. The summed E-state index contributed by atoms with van der Waals surface area (Å²) in [6.07, 6.45) is 6.09. The lowest BCUT2D eigenvalue weighted by molar-refractivity contribution is 0.102. The fourth-order valence-electron chi connectivity index (χ4n) is 2.09. The van der Waals surface area contributed by atoms with Gasteiger partial charge in [-0.3, -0.25) is 4.79 Å². The lowest BCUT2D eigenvalue weighted by atomic mass is 10.1. The molecule has 2 aromatic heterocycles. The molecule has 0 unspecified atom stereocenters. The normalized spacial score (nSPS) is 10.4. The average molecular weight is 292 g/mol. The van der Waals surface area contributed by atoms with Crippen molar-refractivity contribution in [3.8, 4) is 5.82 Å². The van der Waals surface area contributed by atoms with Crippen molar-refractivity contribution < 1.29 is 4.79 Å². The molecule has 0 saturated carbocycles. The number of hydrogen-bond acceptors (Lipinski definition) is 3. The number of carbonyl (C=O) groups excluding carboxylic acids is 1. The van der Waals surface area contributed by atoms with E-state index in [0.29, 0.717) is 17.1 Å². The number of anilines is 1. The zero-order valence-corrected chi connectivity index (χ0v) is 12.2. The lowest BCUT2D eigenvalue weighted by Crippen LogP contribution is -2.12. The minimum Gasteiger partial charge on any atom is -0.321 e. The van der Waals surface area contributed by atoms with Crippen molar-refractivity contribution in [3.63, 3.8) is 0 Å². The van der Waals surface area contributed by atoms with Crippen molar-refractivity contribution in [1.29, 1.82) is 0 Å². The van der Waals surface area contributed by atoms with Crippen LogP contribution in [0.5, 0.6) is 0 Å². The number of rotatable bonds is 4. The van der Waals surface area contributed by atoms with Gasteiger partial charge in [0.2, 0.25) is 0 Å². The zero-order valence-electron chi connectivity index (χ0n) is 12.2. The highest BCUT2D eigenvalue weighted by Gasteiger charge is 2.06. The van der Waals surface area contributed by atoms with Crippen LogP contribution >= 0.6 is 0 Å². The van der Waals surface area contributed by atoms with Crippen LogP contribution in [-0.4, -0.2) is 20.7 Å². The zero-order chi connectivity index (χ0) is 15.4. The van der Waals surface area contributed by atoms with Crippen LogP contribution in [0.1, 0.15) is 22.8 Å². The van der Waals surface area contributed by atoms with Crippen molar-refractivity contribution in [3.05, 3.63) is 72.2 Å². The van der Waals surface area contributed by atoms with E-state index in [-0.39, 0.29) is 5.91 Å². The van der Waals surface area contributed by atoms with Gasteiger partial charge in [0.25, 0.3) is 5.91 Å². The highest BCUT2D eigenvalue weighted by molar-refractivity contribution is 6.04. The molecule has 0 radical (unpaired) electrons. The van der Waals surface area contributed by atoms with Gasteiger partial charge in [-0.15, -0.1) is 0 Å². The molecule has 0 fully saturated rings. The van der Waals surface area contributed by atoms with Crippen LogP contribution in [0, 0.1) is 0 Å². The van der Waals surface area contributed by atoms with Gasteiger partial charge in [-0.25, -0.2) is 9.67 Å². The number of nitrogens with zero attached hydrogens (tertiary/aromatic N) is 3. The van der Waals surface area contributed by atoms with Gasteiger partial charge in [0.1, 0.15) is 0 Å². The fraction of sp³-hybridized carbons (Fsp3) is 0.118. The summed E-state index contributed by atoms with van der Waals surface area (Å²) in [6, 6.07) is 13.0. The van der Waals surface area contributed by atoms with E-state index in [1.807, 2.05) is 48.7 Å². The SMILES string of the molecule is CCc1ccc(C(=O)Nc2ccc(-n3cccn3)nc2)cc1. The molecule has 3 aromatic rings. The van der Waals surface area contributed by atoms with Crippen molar-refractivity contribution in [2.24, 2.45) is 0 Å². The van der Waals surface area contributed by atoms with Gasteiger partial charge in [0, 0.05) is 18.0 Å². The van der Waals surface area contributed by atoms with Gasteiger partial charge in [-0.05, 0) is 42.3 Å². The van der Waals surface area contributed by atoms with Gasteiger partial charge >= 0.3 is 0 Å². The van der Waals surface area contributed by atoms with Crippen molar-refractivity contribution in [1.82, 2.24) is 14.8 Å². The molecule has 1 N–H and O–H groups in total. The summed E-state index contributed by atoms with van der Waals surface area (Å²) < 4.78 is 1.66. The molecule has 0 saturated heterocycles. The summed E-state index contributed by atoms with van der Waals surface area (Å²) in [7, 11) is 0. The first kappa shape index (κ1) is 14.0. The quantitative estimate of drug-likeness (QED) is 0.804. The molecule has 22 heavy (non-hydrogen) atoms. The Morgan fingerprint density at radius 3 is 2.59 bits per heavy atom. The second kappa shape index (κ2) is 6.22. The maximum Gasteiger partial charge on any atom is 0.255 e. The monoisotopic (exact) mass is 292 g/mol. The summed E-state index contributed by atoms with van der Waals surface area (Å²) >= 11 is 0. The molecule has 0 bridgehead atoms. The Morgan fingerprint density at radius 1 is 1.18 bits per heavy atom. The molecule has 2 heterocycles. The van der Waals surface area contributed by atoms with Crippen molar-refractivity contribution >= 4 is 11.6 Å². The molecular formula is C17H16N4O. The molecule has 0 aliphatic rings. The average Bonchev–Trinajstić information content (AvgIpc) is 3.10. The first-order valence-electron chi connectivity index (χ1n) is 7.12. The number of aromatic nitrogens is 3. The van der Waals surface area contributed by atoms with Gasteiger partial charge < -0.3 is 5.32 Å². The van der Waals surface area contributed by atoms with E-state index in [2.05, 4.69) is 22.3 Å². The Hall–Kier alpha value is -2.95. The second-order valence-corrected chi connectivity index (χ2v) is 4.86. The topological polar surface area (TPSA) is 59.8 Å². The fourth-order valence-corrected chi connectivity index (χ4v) is 2.09. The standard InChI is InChI=1S/C17H16N4O/c1-2-13-4-6-14(7-5-13)17(22)20-15-8-9-16(18-12-15)21-11-3-10-19-21/h3-12H,2H2,1H3,(H,20,22). The molecule has 1 amide bonds. The molecule has 3 rings (SSSR count). The van der Waals surface area contributed by atoms with Crippen LogP contribution in [0.2, 0.25) is 0 Å². The first-order chi connectivity index (χ1) is 10.8. The van der Waals surface area contributed by atoms with Crippen molar-refractivity contribution in [2.45, 2.75) is 13.3 Å². The molecule has 0 aliphatic carbocycles. The van der Waals surface area contributed by atoms with Crippen LogP contribution in [0.3, 0.4) is 0 Å². The molecule has 0 atom stereocenters. The maximum absolute atomic E-state index is 12.2.